The summed E-state index contributed by atoms with van der Waals surface area (Å²) in [4.78, 5) is 21.2. The van der Waals surface area contributed by atoms with Crippen molar-refractivity contribution in [3.05, 3.63) is 46.0 Å². The van der Waals surface area contributed by atoms with Gasteiger partial charge in [0.15, 0.2) is 0 Å². The maximum Gasteiger partial charge on any atom is 0.339 e. The van der Waals surface area contributed by atoms with Crippen LogP contribution in [0.1, 0.15) is 11.3 Å². The molecule has 1 aromatic rings. The van der Waals surface area contributed by atoms with Crippen LogP contribution >= 0.6 is 0 Å². The maximum absolute atomic E-state index is 11.2. The normalized spacial score (nSPS) is 11.1. The summed E-state index contributed by atoms with van der Waals surface area (Å²) in [6, 6.07) is 1.29. The van der Waals surface area contributed by atoms with Crippen molar-refractivity contribution in [2.45, 2.75) is 6.92 Å². The third-order valence-electron chi connectivity index (χ3n) is 1.97. The Balaban J connectivity index is 3.08. The van der Waals surface area contributed by atoms with E-state index in [1.165, 1.54) is 19.3 Å². The fraction of sp³-hybridized carbons (Fsp3) is 0.167. The Morgan fingerprint density at radius 3 is 2.69 bits per heavy atom. The van der Waals surface area contributed by atoms with E-state index in [0.29, 0.717) is 17.8 Å². The molecule has 1 aromatic heterocycles. The van der Waals surface area contributed by atoms with E-state index in [2.05, 4.69) is 0 Å². The highest BCUT2D eigenvalue weighted by Crippen LogP contribution is 2.19. The van der Waals surface area contributed by atoms with Crippen LogP contribution in [-0.2, 0) is 4.79 Å². The molecule has 0 N–H and O–H groups in total. The molecule has 0 saturated carbocycles. The lowest BCUT2D eigenvalue weighted by Gasteiger charge is -2.04. The third kappa shape index (κ3) is 2.95. The molecule has 0 radical (unpaired) electrons. The first-order valence-electron chi connectivity index (χ1n) is 4.66. The molecule has 16 heavy (non-hydrogen) atoms. The van der Waals surface area contributed by atoms with Gasteiger partial charge in [-0.15, -0.1) is 0 Å². The van der Waals surface area contributed by atoms with Crippen molar-refractivity contribution >= 4 is 12.4 Å². The quantitative estimate of drug-likeness (QED) is 0.440. The zero-order chi connectivity index (χ0) is 12.0. The third-order valence-corrected chi connectivity index (χ3v) is 1.97. The molecular formula is C12H12O4. The molecule has 0 aromatic carbocycles. The highest BCUT2D eigenvalue weighted by molar-refractivity contribution is 5.66. The van der Waals surface area contributed by atoms with Gasteiger partial charge in [0, 0.05) is 5.56 Å². The van der Waals surface area contributed by atoms with Gasteiger partial charge in [0.25, 0.3) is 0 Å². The molecule has 0 saturated heterocycles. The highest BCUT2D eigenvalue weighted by atomic mass is 16.5. The summed E-state index contributed by atoms with van der Waals surface area (Å²) in [6.45, 7) is 1.78. The summed E-state index contributed by atoms with van der Waals surface area (Å²) in [5.74, 6) is 0.898. The number of ether oxygens (including phenoxy) is 1. The minimum absolute atomic E-state index is 0.417. The van der Waals surface area contributed by atoms with Gasteiger partial charge in [-0.05, 0) is 19.1 Å². The van der Waals surface area contributed by atoms with E-state index in [1.807, 2.05) is 0 Å². The molecule has 0 aliphatic carbocycles. The Bertz CT molecular complexity index is 480. The standard InChI is InChI=1S/C12H12O4/c1-9-10(6-4-3-5-7-13)16-12(14)8-11(9)15-2/h3-8H,1-2H3/b5-3+,6-4+. The van der Waals surface area contributed by atoms with Crippen LogP contribution in [0, 0.1) is 6.92 Å². The van der Waals surface area contributed by atoms with Gasteiger partial charge in [-0.2, -0.15) is 0 Å². The van der Waals surface area contributed by atoms with E-state index in [9.17, 15) is 9.59 Å². The summed E-state index contributed by atoms with van der Waals surface area (Å²) in [6.07, 6.45) is 6.76. The van der Waals surface area contributed by atoms with E-state index in [1.54, 1.807) is 25.2 Å². The Morgan fingerprint density at radius 2 is 2.06 bits per heavy atom. The Hall–Kier alpha value is -2.10. The van der Waals surface area contributed by atoms with E-state index in [4.69, 9.17) is 9.15 Å². The molecule has 1 heterocycles. The lowest BCUT2D eigenvalue weighted by molar-refractivity contribution is -0.104. The van der Waals surface area contributed by atoms with Gasteiger partial charge in [-0.25, -0.2) is 4.79 Å². The summed E-state index contributed by atoms with van der Waals surface area (Å²) < 4.78 is 10.0. The van der Waals surface area contributed by atoms with Crippen LogP contribution in [0.5, 0.6) is 5.75 Å². The highest BCUT2D eigenvalue weighted by Gasteiger charge is 2.06. The second-order valence-corrected chi connectivity index (χ2v) is 3.00. The molecule has 0 bridgehead atoms. The molecule has 0 aliphatic heterocycles. The van der Waals surface area contributed by atoms with Crippen molar-refractivity contribution in [2.24, 2.45) is 0 Å². The molecule has 4 nitrogen and oxygen atoms in total. The average molecular weight is 220 g/mol. The molecule has 1 rings (SSSR count). The lowest BCUT2D eigenvalue weighted by Crippen LogP contribution is -2.02. The molecule has 0 atom stereocenters. The monoisotopic (exact) mass is 220 g/mol. The number of rotatable bonds is 4. The predicted octanol–water partition coefficient (Wildman–Crippen LogP) is 1.73. The SMILES string of the molecule is COc1cc(=O)oc(/C=C/C=C/C=O)c1C. The van der Waals surface area contributed by atoms with Crippen LogP contribution in [0.3, 0.4) is 0 Å². The van der Waals surface area contributed by atoms with E-state index in [-0.39, 0.29) is 0 Å². The maximum atomic E-state index is 11.2. The van der Waals surface area contributed by atoms with Crippen LogP contribution in [0.15, 0.2) is 33.5 Å². The van der Waals surface area contributed by atoms with E-state index < -0.39 is 5.63 Å². The van der Waals surface area contributed by atoms with Gasteiger partial charge in [0.1, 0.15) is 17.8 Å². The second-order valence-electron chi connectivity index (χ2n) is 3.00. The largest absolute Gasteiger partial charge is 0.496 e. The number of carbonyl (C=O) groups is 1. The topological polar surface area (TPSA) is 56.5 Å². The van der Waals surface area contributed by atoms with Crippen molar-refractivity contribution in [1.82, 2.24) is 0 Å². The van der Waals surface area contributed by atoms with Gasteiger partial charge in [-0.3, -0.25) is 4.79 Å². The molecule has 0 amide bonds. The minimum atomic E-state index is -0.471. The number of hydrogen-bond donors (Lipinski definition) is 0. The van der Waals surface area contributed by atoms with Gasteiger partial charge in [-0.1, -0.05) is 12.2 Å². The molecule has 0 aliphatic rings. The van der Waals surface area contributed by atoms with Gasteiger partial charge >= 0.3 is 5.63 Å². The molecule has 0 spiro atoms. The van der Waals surface area contributed by atoms with Crippen LogP contribution in [-0.4, -0.2) is 13.4 Å². The Morgan fingerprint density at radius 1 is 1.31 bits per heavy atom. The van der Waals surface area contributed by atoms with Crippen molar-refractivity contribution in [3.8, 4) is 5.75 Å². The van der Waals surface area contributed by atoms with Crippen LogP contribution in [0.2, 0.25) is 0 Å². The molecule has 4 heteroatoms. The number of allylic oxidation sites excluding steroid dienone is 3. The van der Waals surface area contributed by atoms with Crippen molar-refractivity contribution in [1.29, 1.82) is 0 Å². The zero-order valence-corrected chi connectivity index (χ0v) is 9.10. The Labute approximate surface area is 92.8 Å². The summed E-state index contributed by atoms with van der Waals surface area (Å²) >= 11 is 0. The van der Waals surface area contributed by atoms with E-state index >= 15 is 0 Å². The smallest absolute Gasteiger partial charge is 0.339 e. The fourth-order valence-electron chi connectivity index (χ4n) is 1.17. The first-order chi connectivity index (χ1) is 7.69. The average Bonchev–Trinajstić information content (AvgIpc) is 2.28. The number of hydrogen-bond acceptors (Lipinski definition) is 4. The van der Waals surface area contributed by atoms with Crippen molar-refractivity contribution < 1.29 is 13.9 Å². The van der Waals surface area contributed by atoms with Crippen LogP contribution in [0.25, 0.3) is 6.08 Å². The molecular weight excluding hydrogens is 208 g/mol. The molecule has 0 unspecified atom stereocenters. The predicted molar refractivity (Wildman–Crippen MR) is 60.5 cm³/mol. The number of methoxy groups -OCH3 is 1. The molecule has 0 fully saturated rings. The van der Waals surface area contributed by atoms with Gasteiger partial charge in [0.2, 0.25) is 0 Å². The first-order valence-corrected chi connectivity index (χ1v) is 4.66. The fourth-order valence-corrected chi connectivity index (χ4v) is 1.17. The van der Waals surface area contributed by atoms with Gasteiger partial charge in [0.05, 0.1) is 13.2 Å². The van der Waals surface area contributed by atoms with Gasteiger partial charge < -0.3 is 9.15 Å². The molecule has 84 valence electrons. The lowest BCUT2D eigenvalue weighted by atomic mass is 10.2. The second kappa shape index (κ2) is 5.70. The minimum Gasteiger partial charge on any atom is -0.496 e. The summed E-state index contributed by atoms with van der Waals surface area (Å²) in [5.41, 5.74) is 0.263. The summed E-state index contributed by atoms with van der Waals surface area (Å²) in [5, 5.41) is 0. The number of carbonyl (C=O) groups excluding carboxylic acids is 1. The summed E-state index contributed by atoms with van der Waals surface area (Å²) in [7, 11) is 1.49. The zero-order valence-electron chi connectivity index (χ0n) is 9.10. The number of aldehydes is 1. The van der Waals surface area contributed by atoms with Crippen molar-refractivity contribution in [3.63, 3.8) is 0 Å². The van der Waals surface area contributed by atoms with Crippen molar-refractivity contribution in [2.75, 3.05) is 7.11 Å². The Kier molecular flexibility index (Phi) is 4.27. The van der Waals surface area contributed by atoms with Crippen LogP contribution in [0.4, 0.5) is 0 Å². The van der Waals surface area contributed by atoms with E-state index in [0.717, 1.165) is 5.56 Å². The van der Waals surface area contributed by atoms with Crippen LogP contribution < -0.4 is 10.4 Å². The first kappa shape index (κ1) is 12.0.